The van der Waals surface area contributed by atoms with E-state index in [0.717, 1.165) is 11.4 Å². The average molecular weight is 163 g/mol. The molecule has 0 saturated heterocycles. The van der Waals surface area contributed by atoms with Gasteiger partial charge in [-0.1, -0.05) is 0 Å². The SMILES string of the molecule is N[C@@H]1Cc2ncccc2NC1=O. The van der Waals surface area contributed by atoms with Gasteiger partial charge < -0.3 is 11.1 Å². The number of fused-ring (bicyclic) bond motifs is 1. The van der Waals surface area contributed by atoms with Gasteiger partial charge in [0.15, 0.2) is 0 Å². The van der Waals surface area contributed by atoms with Crippen molar-refractivity contribution in [2.45, 2.75) is 12.5 Å². The van der Waals surface area contributed by atoms with Gasteiger partial charge in [0, 0.05) is 12.6 Å². The number of carbonyl (C=O) groups is 1. The van der Waals surface area contributed by atoms with E-state index in [9.17, 15) is 4.79 Å². The van der Waals surface area contributed by atoms with Crippen molar-refractivity contribution in [3.05, 3.63) is 24.0 Å². The van der Waals surface area contributed by atoms with Crippen LogP contribution in [0.15, 0.2) is 18.3 Å². The number of anilines is 1. The topological polar surface area (TPSA) is 68.0 Å². The van der Waals surface area contributed by atoms with E-state index in [0.29, 0.717) is 6.42 Å². The summed E-state index contributed by atoms with van der Waals surface area (Å²) in [7, 11) is 0. The summed E-state index contributed by atoms with van der Waals surface area (Å²) in [5.74, 6) is -0.129. The Bertz CT molecular complexity index is 324. The minimum absolute atomic E-state index is 0.129. The summed E-state index contributed by atoms with van der Waals surface area (Å²) >= 11 is 0. The summed E-state index contributed by atoms with van der Waals surface area (Å²) in [4.78, 5) is 15.2. The molecule has 0 saturated carbocycles. The number of nitrogens with one attached hydrogen (secondary N) is 1. The van der Waals surface area contributed by atoms with Gasteiger partial charge in [0.2, 0.25) is 5.91 Å². The molecule has 1 aromatic rings. The lowest BCUT2D eigenvalue weighted by Gasteiger charge is -2.19. The van der Waals surface area contributed by atoms with Crippen LogP contribution in [-0.2, 0) is 11.2 Å². The molecule has 0 aliphatic carbocycles. The highest BCUT2D eigenvalue weighted by Crippen LogP contribution is 2.18. The van der Waals surface area contributed by atoms with Crippen molar-refractivity contribution < 1.29 is 4.79 Å². The zero-order chi connectivity index (χ0) is 8.55. The van der Waals surface area contributed by atoms with Crippen molar-refractivity contribution in [2.75, 3.05) is 5.32 Å². The number of hydrogen-bond donors (Lipinski definition) is 2. The fraction of sp³-hybridized carbons (Fsp3) is 0.250. The summed E-state index contributed by atoms with van der Waals surface area (Å²) < 4.78 is 0. The molecule has 4 nitrogen and oxygen atoms in total. The van der Waals surface area contributed by atoms with Gasteiger partial charge >= 0.3 is 0 Å². The maximum Gasteiger partial charge on any atom is 0.241 e. The Labute approximate surface area is 69.8 Å². The first-order chi connectivity index (χ1) is 5.77. The van der Waals surface area contributed by atoms with Gasteiger partial charge in [0.1, 0.15) is 0 Å². The second kappa shape index (κ2) is 2.57. The predicted molar refractivity (Wildman–Crippen MR) is 44.5 cm³/mol. The van der Waals surface area contributed by atoms with E-state index in [1.54, 1.807) is 12.3 Å². The lowest BCUT2D eigenvalue weighted by Crippen LogP contribution is -2.41. The molecule has 0 spiro atoms. The van der Waals surface area contributed by atoms with Crippen LogP contribution in [-0.4, -0.2) is 16.9 Å². The molecule has 4 heteroatoms. The highest BCUT2D eigenvalue weighted by molar-refractivity contribution is 5.97. The van der Waals surface area contributed by atoms with Crippen molar-refractivity contribution in [3.8, 4) is 0 Å². The predicted octanol–water partition coefficient (Wildman–Crippen LogP) is -0.0965. The number of nitrogens with zero attached hydrogens (tertiary/aromatic N) is 1. The molecule has 62 valence electrons. The van der Waals surface area contributed by atoms with Crippen LogP contribution in [0.3, 0.4) is 0 Å². The van der Waals surface area contributed by atoms with Gasteiger partial charge in [-0.05, 0) is 12.1 Å². The number of amides is 1. The van der Waals surface area contributed by atoms with Gasteiger partial charge in [0.05, 0.1) is 17.4 Å². The third kappa shape index (κ3) is 1.06. The Balaban J connectivity index is 2.40. The second-order valence-electron chi connectivity index (χ2n) is 2.80. The molecule has 3 N–H and O–H groups in total. The van der Waals surface area contributed by atoms with Gasteiger partial charge in [-0.3, -0.25) is 9.78 Å². The van der Waals surface area contributed by atoms with Gasteiger partial charge in [0.25, 0.3) is 0 Å². The van der Waals surface area contributed by atoms with Crippen molar-refractivity contribution in [2.24, 2.45) is 5.73 Å². The molecule has 2 rings (SSSR count). The van der Waals surface area contributed by atoms with Crippen LogP contribution in [0.1, 0.15) is 5.69 Å². The molecule has 1 amide bonds. The summed E-state index contributed by atoms with van der Waals surface area (Å²) in [5.41, 5.74) is 7.19. The highest BCUT2D eigenvalue weighted by Gasteiger charge is 2.22. The zero-order valence-electron chi connectivity index (χ0n) is 6.45. The summed E-state index contributed by atoms with van der Waals surface area (Å²) in [6.07, 6.45) is 2.23. The number of nitrogens with two attached hydrogens (primary N) is 1. The third-order valence-corrected chi connectivity index (χ3v) is 1.90. The van der Waals surface area contributed by atoms with Gasteiger partial charge in [-0.2, -0.15) is 0 Å². The monoisotopic (exact) mass is 163 g/mol. The number of carbonyl (C=O) groups excluding carboxylic acids is 1. The highest BCUT2D eigenvalue weighted by atomic mass is 16.2. The Kier molecular flexibility index (Phi) is 1.55. The summed E-state index contributed by atoms with van der Waals surface area (Å²) in [6, 6.07) is 3.16. The Morgan fingerprint density at radius 1 is 1.67 bits per heavy atom. The van der Waals surface area contributed by atoms with E-state index in [-0.39, 0.29) is 5.91 Å². The minimum Gasteiger partial charge on any atom is -0.323 e. The molecule has 2 heterocycles. The van der Waals surface area contributed by atoms with Crippen molar-refractivity contribution in [1.29, 1.82) is 0 Å². The maximum atomic E-state index is 11.1. The molecular formula is C8H9N3O. The zero-order valence-corrected chi connectivity index (χ0v) is 6.45. The quantitative estimate of drug-likeness (QED) is 0.561. The molecule has 0 unspecified atom stereocenters. The average Bonchev–Trinajstić information content (AvgIpc) is 2.07. The molecule has 0 radical (unpaired) electrons. The van der Waals surface area contributed by atoms with E-state index in [2.05, 4.69) is 10.3 Å². The third-order valence-electron chi connectivity index (χ3n) is 1.90. The molecule has 1 aliphatic rings. The van der Waals surface area contributed by atoms with Crippen LogP contribution in [0.5, 0.6) is 0 Å². The normalized spacial score (nSPS) is 21.4. The van der Waals surface area contributed by atoms with E-state index in [1.807, 2.05) is 6.07 Å². The Morgan fingerprint density at radius 3 is 3.33 bits per heavy atom. The van der Waals surface area contributed by atoms with Crippen LogP contribution >= 0.6 is 0 Å². The van der Waals surface area contributed by atoms with E-state index < -0.39 is 6.04 Å². The van der Waals surface area contributed by atoms with Gasteiger partial charge in [-0.15, -0.1) is 0 Å². The standard InChI is InChI=1S/C8H9N3O/c9-5-4-7-6(11-8(5)12)2-1-3-10-7/h1-3,5H,4,9H2,(H,11,12)/t5-/m1/s1. The minimum atomic E-state index is -0.451. The number of hydrogen-bond acceptors (Lipinski definition) is 3. The van der Waals surface area contributed by atoms with Crippen molar-refractivity contribution >= 4 is 11.6 Å². The van der Waals surface area contributed by atoms with E-state index in [4.69, 9.17) is 5.73 Å². The van der Waals surface area contributed by atoms with Crippen LogP contribution in [0.2, 0.25) is 0 Å². The van der Waals surface area contributed by atoms with E-state index >= 15 is 0 Å². The molecule has 12 heavy (non-hydrogen) atoms. The van der Waals surface area contributed by atoms with Crippen molar-refractivity contribution in [1.82, 2.24) is 4.98 Å². The fourth-order valence-electron chi connectivity index (χ4n) is 1.24. The number of rotatable bonds is 0. The Hall–Kier alpha value is -1.42. The number of pyridine rings is 1. The van der Waals surface area contributed by atoms with E-state index in [1.165, 1.54) is 0 Å². The maximum absolute atomic E-state index is 11.1. The molecule has 0 bridgehead atoms. The molecule has 1 aromatic heterocycles. The van der Waals surface area contributed by atoms with Gasteiger partial charge in [-0.25, -0.2) is 0 Å². The molecule has 1 atom stereocenters. The second-order valence-corrected chi connectivity index (χ2v) is 2.80. The smallest absolute Gasteiger partial charge is 0.241 e. The van der Waals surface area contributed by atoms with Crippen LogP contribution in [0, 0.1) is 0 Å². The lowest BCUT2D eigenvalue weighted by atomic mass is 10.1. The lowest BCUT2D eigenvalue weighted by molar-refractivity contribution is -0.117. The fourth-order valence-corrected chi connectivity index (χ4v) is 1.24. The molecular weight excluding hydrogens is 154 g/mol. The number of aromatic nitrogens is 1. The first-order valence-electron chi connectivity index (χ1n) is 3.78. The first-order valence-corrected chi connectivity index (χ1v) is 3.78. The first kappa shape index (κ1) is 7.24. The van der Waals surface area contributed by atoms with Crippen molar-refractivity contribution in [3.63, 3.8) is 0 Å². The van der Waals surface area contributed by atoms with Crippen LogP contribution in [0.4, 0.5) is 5.69 Å². The molecule has 0 aromatic carbocycles. The summed E-state index contributed by atoms with van der Waals surface area (Å²) in [6.45, 7) is 0. The molecule has 0 fully saturated rings. The Morgan fingerprint density at radius 2 is 2.50 bits per heavy atom. The molecule has 1 aliphatic heterocycles. The largest absolute Gasteiger partial charge is 0.323 e. The van der Waals surface area contributed by atoms with Crippen LogP contribution < -0.4 is 11.1 Å². The van der Waals surface area contributed by atoms with Crippen LogP contribution in [0.25, 0.3) is 0 Å². The summed E-state index contributed by atoms with van der Waals surface area (Å²) in [5, 5.41) is 2.68.